The Bertz CT molecular complexity index is 488. The summed E-state index contributed by atoms with van der Waals surface area (Å²) < 4.78 is 64.8. The van der Waals surface area contributed by atoms with Crippen LogP contribution in [0.4, 0.5) is 13.2 Å². The molecule has 10 heteroatoms. The van der Waals surface area contributed by atoms with Crippen LogP contribution in [0, 0.1) is 0 Å². The van der Waals surface area contributed by atoms with E-state index in [-0.39, 0.29) is 0 Å². The minimum absolute atomic E-state index is 0.293. The van der Waals surface area contributed by atoms with Gasteiger partial charge in [-0.2, -0.15) is 30.6 Å². The van der Waals surface area contributed by atoms with Gasteiger partial charge in [0, 0.05) is 13.1 Å². The van der Waals surface area contributed by atoms with Crippen molar-refractivity contribution in [1.82, 2.24) is 9.03 Å². The van der Waals surface area contributed by atoms with Gasteiger partial charge in [-0.1, -0.05) is 19.3 Å². The number of nitrogens with zero attached hydrogens (tertiary/aromatic N) is 1. The van der Waals surface area contributed by atoms with Gasteiger partial charge in [0.2, 0.25) is 5.54 Å². The molecule has 0 aromatic heterocycles. The Balaban J connectivity index is 2.99. The Morgan fingerprint density at radius 1 is 1.24 bits per heavy atom. The lowest BCUT2D eigenvalue weighted by atomic mass is 9.96. The van der Waals surface area contributed by atoms with Crippen molar-refractivity contribution >= 4 is 16.2 Å². The van der Waals surface area contributed by atoms with E-state index in [1.165, 1.54) is 4.72 Å². The largest absolute Gasteiger partial charge is 0.480 e. The average molecular weight is 332 g/mol. The van der Waals surface area contributed by atoms with Gasteiger partial charge in [-0.15, -0.1) is 0 Å². The Hall–Kier alpha value is -0.870. The monoisotopic (exact) mass is 332 g/mol. The number of carboxylic acids is 1. The number of hydrogen-bond acceptors (Lipinski definition) is 3. The molecule has 0 aromatic rings. The van der Waals surface area contributed by atoms with E-state index < -0.39 is 33.9 Å². The minimum atomic E-state index is -5.25. The molecule has 6 nitrogen and oxygen atoms in total. The molecule has 1 aliphatic rings. The molecule has 1 fully saturated rings. The Morgan fingerprint density at radius 3 is 2.10 bits per heavy atom. The zero-order valence-electron chi connectivity index (χ0n) is 11.8. The summed E-state index contributed by atoms with van der Waals surface area (Å²) in [7, 11) is -3.40. The quantitative estimate of drug-likeness (QED) is 0.798. The van der Waals surface area contributed by atoms with Crippen LogP contribution in [0.2, 0.25) is 0 Å². The van der Waals surface area contributed by atoms with Crippen LogP contribution >= 0.6 is 0 Å². The topological polar surface area (TPSA) is 86.7 Å². The van der Waals surface area contributed by atoms with Gasteiger partial charge in [0.15, 0.2) is 0 Å². The molecule has 2 N–H and O–H groups in total. The van der Waals surface area contributed by atoms with Crippen LogP contribution in [0.15, 0.2) is 0 Å². The summed E-state index contributed by atoms with van der Waals surface area (Å²) >= 11 is 0. The third-order valence-electron chi connectivity index (χ3n) is 3.80. The van der Waals surface area contributed by atoms with Crippen molar-refractivity contribution in [3.05, 3.63) is 0 Å². The predicted octanol–water partition coefficient (Wildman–Crippen LogP) is 1.49. The fourth-order valence-electron chi connectivity index (χ4n) is 2.19. The highest BCUT2D eigenvalue weighted by Gasteiger charge is 2.60. The zero-order chi connectivity index (χ0) is 16.5. The van der Waals surface area contributed by atoms with Gasteiger partial charge in [0.1, 0.15) is 0 Å². The molecule has 0 heterocycles. The number of aliphatic carboxylic acids is 1. The second kappa shape index (κ2) is 6.09. The van der Waals surface area contributed by atoms with Crippen LogP contribution in [0.25, 0.3) is 0 Å². The van der Waals surface area contributed by atoms with Crippen LogP contribution in [-0.2, 0) is 15.0 Å². The predicted molar refractivity (Wildman–Crippen MR) is 68.8 cm³/mol. The Labute approximate surface area is 121 Å². The lowest BCUT2D eigenvalue weighted by Crippen LogP contribution is -2.64. The molecule has 1 aliphatic carbocycles. The third kappa shape index (κ3) is 3.86. The number of hydrogen-bond donors (Lipinski definition) is 2. The van der Waals surface area contributed by atoms with E-state index in [1.54, 1.807) is 0 Å². The van der Waals surface area contributed by atoms with Crippen molar-refractivity contribution in [3.8, 4) is 0 Å². The van der Waals surface area contributed by atoms with E-state index in [0.29, 0.717) is 19.8 Å². The fraction of sp³-hybridized carbons (Fsp3) is 0.909. The molecule has 1 saturated carbocycles. The molecule has 0 spiro atoms. The average Bonchev–Trinajstić information content (AvgIpc) is 2.36. The van der Waals surface area contributed by atoms with Gasteiger partial charge in [-0.05, 0) is 19.8 Å². The summed E-state index contributed by atoms with van der Waals surface area (Å²) in [6.45, 7) is 0.293. The second-order valence-electron chi connectivity index (χ2n) is 5.34. The van der Waals surface area contributed by atoms with Crippen LogP contribution in [0.3, 0.4) is 0 Å². The zero-order valence-corrected chi connectivity index (χ0v) is 12.6. The molecule has 1 atom stereocenters. The molecule has 0 saturated heterocycles. The summed E-state index contributed by atoms with van der Waals surface area (Å²) in [6.07, 6.45) is -1.62. The molecule has 21 heavy (non-hydrogen) atoms. The smallest absolute Gasteiger partial charge is 0.418 e. The molecule has 0 aliphatic heterocycles. The fourth-order valence-corrected chi connectivity index (χ4v) is 3.66. The first kappa shape index (κ1) is 18.2. The third-order valence-corrected chi connectivity index (χ3v) is 5.52. The van der Waals surface area contributed by atoms with Crippen molar-refractivity contribution in [2.75, 3.05) is 7.05 Å². The lowest BCUT2D eigenvalue weighted by molar-refractivity contribution is -0.201. The van der Waals surface area contributed by atoms with E-state index in [2.05, 4.69) is 0 Å². The maximum atomic E-state index is 12.9. The van der Waals surface area contributed by atoms with Gasteiger partial charge >= 0.3 is 12.1 Å². The molecule has 1 unspecified atom stereocenters. The lowest BCUT2D eigenvalue weighted by Gasteiger charge is -2.34. The van der Waals surface area contributed by atoms with Crippen molar-refractivity contribution in [3.63, 3.8) is 0 Å². The standard InChI is InChI=1S/C11H19F3N2O4S/c1-10(9(17)18,11(12,13)14)15-21(19,20)16(2)8-6-4-3-5-7-8/h8,15H,3-7H2,1-2H3,(H,17,18). The van der Waals surface area contributed by atoms with Gasteiger partial charge in [-0.3, -0.25) is 0 Å². The molecule has 1 rings (SSSR count). The number of halogens is 3. The van der Waals surface area contributed by atoms with E-state index in [9.17, 15) is 26.4 Å². The number of carboxylic acid groups (broad SMARTS) is 1. The van der Waals surface area contributed by atoms with Gasteiger partial charge < -0.3 is 5.11 Å². The van der Waals surface area contributed by atoms with E-state index in [1.807, 2.05) is 0 Å². The highest BCUT2D eigenvalue weighted by Crippen LogP contribution is 2.32. The van der Waals surface area contributed by atoms with E-state index >= 15 is 0 Å². The highest BCUT2D eigenvalue weighted by molar-refractivity contribution is 7.87. The Kier molecular flexibility index (Phi) is 5.27. The van der Waals surface area contributed by atoms with Crippen LogP contribution in [-0.4, -0.2) is 48.6 Å². The first-order valence-electron chi connectivity index (χ1n) is 6.49. The first-order valence-corrected chi connectivity index (χ1v) is 7.93. The molecule has 0 bridgehead atoms. The van der Waals surface area contributed by atoms with E-state index in [0.717, 1.165) is 30.6 Å². The minimum Gasteiger partial charge on any atom is -0.480 e. The van der Waals surface area contributed by atoms with Gasteiger partial charge in [0.05, 0.1) is 0 Å². The number of alkyl halides is 3. The van der Waals surface area contributed by atoms with Gasteiger partial charge in [-0.25, -0.2) is 4.79 Å². The molecule has 124 valence electrons. The maximum absolute atomic E-state index is 12.9. The summed E-state index contributed by atoms with van der Waals surface area (Å²) in [5.41, 5.74) is -3.56. The van der Waals surface area contributed by atoms with E-state index in [4.69, 9.17) is 5.11 Å². The number of nitrogens with one attached hydrogen (secondary N) is 1. The van der Waals surface area contributed by atoms with Crippen molar-refractivity contribution in [1.29, 1.82) is 0 Å². The molecular formula is C11H19F3N2O4S. The van der Waals surface area contributed by atoms with Crippen LogP contribution in [0.1, 0.15) is 39.0 Å². The summed E-state index contributed by atoms with van der Waals surface area (Å²) in [5.74, 6) is -2.30. The first-order chi connectivity index (χ1) is 9.42. The van der Waals surface area contributed by atoms with Crippen LogP contribution in [0.5, 0.6) is 0 Å². The second-order valence-corrected chi connectivity index (χ2v) is 7.07. The normalized spacial score (nSPS) is 21.2. The summed E-state index contributed by atoms with van der Waals surface area (Å²) in [6, 6.07) is -0.414. The van der Waals surface area contributed by atoms with Crippen LogP contribution < -0.4 is 4.72 Å². The van der Waals surface area contributed by atoms with Crippen molar-refractivity contribution in [2.24, 2.45) is 0 Å². The van der Waals surface area contributed by atoms with Gasteiger partial charge in [0.25, 0.3) is 10.2 Å². The maximum Gasteiger partial charge on any atom is 0.418 e. The molecule has 0 aromatic carbocycles. The Morgan fingerprint density at radius 2 is 1.71 bits per heavy atom. The van der Waals surface area contributed by atoms with Crippen molar-refractivity contribution < 1.29 is 31.5 Å². The molecular weight excluding hydrogens is 313 g/mol. The molecule has 0 amide bonds. The summed E-state index contributed by atoms with van der Waals surface area (Å²) in [4.78, 5) is 10.9. The summed E-state index contributed by atoms with van der Waals surface area (Å²) in [5, 5.41) is 8.76. The molecule has 0 radical (unpaired) electrons. The van der Waals surface area contributed by atoms with Crippen molar-refractivity contribution in [2.45, 2.75) is 56.8 Å². The number of rotatable bonds is 5. The number of carbonyl (C=O) groups is 1. The SMILES string of the molecule is CN(C1CCCCC1)S(=O)(=O)NC(C)(C(=O)O)C(F)(F)F. The highest BCUT2D eigenvalue weighted by atomic mass is 32.2.